The summed E-state index contributed by atoms with van der Waals surface area (Å²) in [6.07, 6.45) is 0. The normalized spacial score (nSPS) is 10.6. The lowest BCUT2D eigenvalue weighted by Gasteiger charge is -2.02. The third-order valence-corrected chi connectivity index (χ3v) is 2.46. The molecule has 18 heavy (non-hydrogen) atoms. The number of nitrogens with zero attached hydrogens (tertiary/aromatic N) is 2. The number of nitrogens with one attached hydrogen (secondary N) is 1. The molecule has 0 aliphatic carbocycles. The van der Waals surface area contributed by atoms with Crippen LogP contribution in [0.1, 0.15) is 18.7 Å². The van der Waals surface area contributed by atoms with Gasteiger partial charge in [-0.3, -0.25) is 0 Å². The van der Waals surface area contributed by atoms with Gasteiger partial charge in [0.25, 0.3) is 5.89 Å². The summed E-state index contributed by atoms with van der Waals surface area (Å²) >= 11 is 5.78. The van der Waals surface area contributed by atoms with E-state index in [0.29, 0.717) is 29.1 Å². The van der Waals surface area contributed by atoms with Gasteiger partial charge in [0.05, 0.1) is 6.54 Å². The minimum absolute atomic E-state index is 0.251. The number of hydrogen-bond acceptors (Lipinski definition) is 5. The van der Waals surface area contributed by atoms with E-state index in [1.807, 2.05) is 6.92 Å². The van der Waals surface area contributed by atoms with Crippen molar-refractivity contribution in [2.75, 3.05) is 6.54 Å². The quantitative estimate of drug-likeness (QED) is 0.871. The fourth-order valence-corrected chi connectivity index (χ4v) is 1.45. The van der Waals surface area contributed by atoms with Crippen molar-refractivity contribution < 1.29 is 9.15 Å². The van der Waals surface area contributed by atoms with Crippen molar-refractivity contribution in [2.45, 2.75) is 20.1 Å². The zero-order valence-electron chi connectivity index (χ0n) is 10.0. The number of ether oxygens (including phenoxy) is 1. The SMILES string of the molecule is CCNCc1nnc(COc2ccc(Cl)cc2)o1. The Bertz CT molecular complexity index is 484. The molecule has 1 heterocycles. The maximum Gasteiger partial charge on any atom is 0.253 e. The van der Waals surface area contributed by atoms with Crippen LogP contribution in [0.2, 0.25) is 5.02 Å². The Morgan fingerprint density at radius 3 is 2.67 bits per heavy atom. The Morgan fingerprint density at radius 1 is 1.22 bits per heavy atom. The molecule has 0 unspecified atom stereocenters. The Balaban J connectivity index is 1.86. The number of hydrogen-bond donors (Lipinski definition) is 1. The molecular weight excluding hydrogens is 254 g/mol. The van der Waals surface area contributed by atoms with Crippen LogP contribution in [0.5, 0.6) is 5.75 Å². The molecule has 0 fully saturated rings. The molecule has 5 nitrogen and oxygen atoms in total. The summed E-state index contributed by atoms with van der Waals surface area (Å²) in [6, 6.07) is 7.11. The predicted molar refractivity (Wildman–Crippen MR) is 67.5 cm³/mol. The predicted octanol–water partition coefficient (Wildman–Crippen LogP) is 2.41. The van der Waals surface area contributed by atoms with Crippen LogP contribution in [0.4, 0.5) is 0 Å². The summed E-state index contributed by atoms with van der Waals surface area (Å²) in [7, 11) is 0. The highest BCUT2D eigenvalue weighted by Crippen LogP contribution is 2.16. The van der Waals surface area contributed by atoms with Crippen molar-refractivity contribution in [1.29, 1.82) is 0 Å². The molecule has 1 aromatic carbocycles. The second-order valence-electron chi connectivity index (χ2n) is 3.61. The van der Waals surface area contributed by atoms with Gasteiger partial charge in [-0.15, -0.1) is 10.2 Å². The summed E-state index contributed by atoms with van der Waals surface area (Å²) < 4.78 is 10.9. The second kappa shape index (κ2) is 6.37. The minimum atomic E-state index is 0.251. The first-order valence-electron chi connectivity index (χ1n) is 5.68. The molecule has 0 spiro atoms. The smallest absolute Gasteiger partial charge is 0.253 e. The lowest BCUT2D eigenvalue weighted by molar-refractivity contribution is 0.258. The molecule has 0 aliphatic heterocycles. The largest absolute Gasteiger partial charge is 0.484 e. The highest BCUT2D eigenvalue weighted by atomic mass is 35.5. The van der Waals surface area contributed by atoms with Crippen molar-refractivity contribution in [3.05, 3.63) is 41.1 Å². The molecule has 1 aromatic heterocycles. The molecule has 2 rings (SSSR count). The summed E-state index contributed by atoms with van der Waals surface area (Å²) in [5.74, 6) is 1.73. The average molecular weight is 268 g/mol. The van der Waals surface area contributed by atoms with Gasteiger partial charge >= 0.3 is 0 Å². The molecule has 96 valence electrons. The van der Waals surface area contributed by atoms with E-state index in [1.165, 1.54) is 0 Å². The second-order valence-corrected chi connectivity index (χ2v) is 4.05. The molecule has 6 heteroatoms. The highest BCUT2D eigenvalue weighted by Gasteiger charge is 2.06. The van der Waals surface area contributed by atoms with Gasteiger partial charge in [0.15, 0.2) is 6.61 Å². The topological polar surface area (TPSA) is 60.2 Å². The van der Waals surface area contributed by atoms with Gasteiger partial charge in [0.2, 0.25) is 5.89 Å². The molecule has 1 N–H and O–H groups in total. The zero-order chi connectivity index (χ0) is 12.8. The Morgan fingerprint density at radius 2 is 1.94 bits per heavy atom. The van der Waals surface area contributed by atoms with Gasteiger partial charge in [-0.1, -0.05) is 18.5 Å². The molecular formula is C12H14ClN3O2. The van der Waals surface area contributed by atoms with E-state index in [2.05, 4.69) is 15.5 Å². The van der Waals surface area contributed by atoms with Crippen LogP contribution in [0, 0.1) is 0 Å². The maximum atomic E-state index is 5.78. The summed E-state index contributed by atoms with van der Waals surface area (Å²) in [6.45, 7) is 3.70. The van der Waals surface area contributed by atoms with Crippen LogP contribution in [0.25, 0.3) is 0 Å². The first kappa shape index (κ1) is 12.9. The van der Waals surface area contributed by atoms with E-state index in [-0.39, 0.29) is 6.61 Å². The van der Waals surface area contributed by atoms with E-state index < -0.39 is 0 Å². The van der Waals surface area contributed by atoms with E-state index in [0.717, 1.165) is 6.54 Å². The van der Waals surface area contributed by atoms with Gasteiger partial charge in [0, 0.05) is 5.02 Å². The average Bonchev–Trinajstić information content (AvgIpc) is 2.84. The van der Waals surface area contributed by atoms with E-state index >= 15 is 0 Å². The van der Waals surface area contributed by atoms with Gasteiger partial charge in [-0.2, -0.15) is 0 Å². The lowest BCUT2D eigenvalue weighted by atomic mass is 10.3. The van der Waals surface area contributed by atoms with E-state index in [1.54, 1.807) is 24.3 Å². The number of aromatic nitrogens is 2. The lowest BCUT2D eigenvalue weighted by Crippen LogP contribution is -2.11. The molecule has 0 amide bonds. The maximum absolute atomic E-state index is 5.78. The van der Waals surface area contributed by atoms with E-state index in [9.17, 15) is 0 Å². The van der Waals surface area contributed by atoms with Crippen LogP contribution in [0.15, 0.2) is 28.7 Å². The Labute approximate surface area is 110 Å². The van der Waals surface area contributed by atoms with Crippen molar-refractivity contribution in [3.8, 4) is 5.75 Å². The molecule has 0 bridgehead atoms. The third kappa shape index (κ3) is 3.72. The molecule has 0 atom stereocenters. The van der Waals surface area contributed by atoms with Crippen molar-refractivity contribution in [2.24, 2.45) is 0 Å². The summed E-state index contributed by atoms with van der Waals surface area (Å²) in [5.41, 5.74) is 0. The number of halogens is 1. The van der Waals surface area contributed by atoms with Crippen LogP contribution < -0.4 is 10.1 Å². The molecule has 0 aliphatic rings. The highest BCUT2D eigenvalue weighted by molar-refractivity contribution is 6.30. The van der Waals surface area contributed by atoms with Gasteiger partial charge < -0.3 is 14.5 Å². The van der Waals surface area contributed by atoms with Crippen molar-refractivity contribution >= 4 is 11.6 Å². The van der Waals surface area contributed by atoms with Crippen LogP contribution in [-0.2, 0) is 13.2 Å². The molecule has 0 saturated heterocycles. The monoisotopic (exact) mass is 267 g/mol. The van der Waals surface area contributed by atoms with Gasteiger partial charge in [-0.05, 0) is 30.8 Å². The standard InChI is InChI=1S/C12H14ClN3O2/c1-2-14-7-11-15-16-12(18-11)8-17-10-5-3-9(13)4-6-10/h3-6,14H,2,7-8H2,1H3. The van der Waals surface area contributed by atoms with Gasteiger partial charge in [-0.25, -0.2) is 0 Å². The zero-order valence-corrected chi connectivity index (χ0v) is 10.8. The Kier molecular flexibility index (Phi) is 4.55. The summed E-state index contributed by atoms with van der Waals surface area (Å²) in [5, 5.41) is 11.6. The first-order chi connectivity index (χ1) is 8.78. The van der Waals surface area contributed by atoms with E-state index in [4.69, 9.17) is 20.8 Å². The molecule has 2 aromatic rings. The third-order valence-electron chi connectivity index (χ3n) is 2.21. The fourth-order valence-electron chi connectivity index (χ4n) is 1.33. The first-order valence-corrected chi connectivity index (χ1v) is 6.06. The van der Waals surface area contributed by atoms with Crippen LogP contribution >= 0.6 is 11.6 Å². The minimum Gasteiger partial charge on any atom is -0.484 e. The molecule has 0 radical (unpaired) electrons. The number of benzene rings is 1. The summed E-state index contributed by atoms with van der Waals surface area (Å²) in [4.78, 5) is 0. The number of rotatable bonds is 6. The molecule has 0 saturated carbocycles. The van der Waals surface area contributed by atoms with Crippen molar-refractivity contribution in [1.82, 2.24) is 15.5 Å². The van der Waals surface area contributed by atoms with Crippen LogP contribution in [-0.4, -0.2) is 16.7 Å². The fraction of sp³-hybridized carbons (Fsp3) is 0.333. The Hall–Kier alpha value is -1.59. The van der Waals surface area contributed by atoms with Crippen LogP contribution in [0.3, 0.4) is 0 Å². The van der Waals surface area contributed by atoms with Crippen molar-refractivity contribution in [3.63, 3.8) is 0 Å². The van der Waals surface area contributed by atoms with Gasteiger partial charge in [0.1, 0.15) is 5.75 Å².